The van der Waals surface area contributed by atoms with Crippen molar-refractivity contribution in [3.8, 4) is 39.5 Å². The molecule has 3 N–H and O–H groups in total. The number of halogens is 1. The number of amides is 1. The SMILES string of the molecule is CCCCC(=O)Nc1cncc(-c2ccc3[nH]nc(-c4cc5c(-c6cc(F)cc(OCCN(C)C)c6)cncc5[nH]4)c3n2)c1. The van der Waals surface area contributed by atoms with E-state index in [1.54, 1.807) is 24.8 Å². The van der Waals surface area contributed by atoms with Gasteiger partial charge in [0.15, 0.2) is 0 Å². The first-order valence-corrected chi connectivity index (χ1v) is 14.5. The molecule has 5 aromatic heterocycles. The van der Waals surface area contributed by atoms with E-state index >= 15 is 0 Å². The number of pyridine rings is 3. The van der Waals surface area contributed by atoms with Gasteiger partial charge in [-0.25, -0.2) is 9.37 Å². The predicted molar refractivity (Wildman–Crippen MR) is 170 cm³/mol. The first kappa shape index (κ1) is 28.9. The molecule has 0 fully saturated rings. The van der Waals surface area contributed by atoms with Crippen LogP contribution in [0.5, 0.6) is 5.75 Å². The van der Waals surface area contributed by atoms with Crippen molar-refractivity contribution in [1.82, 2.24) is 35.0 Å². The van der Waals surface area contributed by atoms with E-state index < -0.39 is 0 Å². The lowest BCUT2D eigenvalue weighted by atomic mass is 10.0. The molecule has 0 unspecified atom stereocenters. The second-order valence-corrected chi connectivity index (χ2v) is 10.9. The van der Waals surface area contributed by atoms with Crippen LogP contribution in [0.4, 0.5) is 10.1 Å². The number of unbranched alkanes of at least 4 members (excludes halogenated alkanes) is 1. The van der Waals surface area contributed by atoms with Gasteiger partial charge in [0.1, 0.15) is 29.4 Å². The Balaban J connectivity index is 1.33. The zero-order valence-electron chi connectivity index (χ0n) is 24.8. The second-order valence-electron chi connectivity index (χ2n) is 10.9. The number of carbonyl (C=O) groups excluding carboxylic acids is 1. The third kappa shape index (κ3) is 6.28. The molecule has 1 amide bonds. The Hall–Kier alpha value is -5.16. The molecule has 5 heterocycles. The molecule has 0 aliphatic rings. The lowest BCUT2D eigenvalue weighted by Crippen LogP contribution is -2.19. The summed E-state index contributed by atoms with van der Waals surface area (Å²) in [5.41, 5.74) is 7.09. The molecule has 6 rings (SSSR count). The fraction of sp³-hybridized carbons (Fsp3) is 0.242. The quantitative estimate of drug-likeness (QED) is 0.158. The Labute approximate surface area is 253 Å². The maximum Gasteiger partial charge on any atom is 0.224 e. The molecular weight excluding hydrogens is 559 g/mol. The van der Waals surface area contributed by atoms with E-state index in [1.807, 2.05) is 49.3 Å². The molecule has 6 aromatic rings. The van der Waals surface area contributed by atoms with Crippen molar-refractivity contribution in [1.29, 1.82) is 0 Å². The van der Waals surface area contributed by atoms with E-state index in [-0.39, 0.29) is 11.7 Å². The Morgan fingerprint density at radius 3 is 2.70 bits per heavy atom. The van der Waals surface area contributed by atoms with E-state index in [0.717, 1.165) is 52.6 Å². The smallest absolute Gasteiger partial charge is 0.224 e. The summed E-state index contributed by atoms with van der Waals surface area (Å²) in [4.78, 5) is 31.3. The number of ether oxygens (including phenoxy) is 1. The molecule has 0 saturated heterocycles. The summed E-state index contributed by atoms with van der Waals surface area (Å²) in [5.74, 6) is 0.0401. The van der Waals surface area contributed by atoms with Crippen LogP contribution < -0.4 is 10.1 Å². The molecule has 224 valence electrons. The molecule has 0 radical (unpaired) electrons. The molecule has 0 aliphatic carbocycles. The van der Waals surface area contributed by atoms with Gasteiger partial charge in [-0.15, -0.1) is 0 Å². The Morgan fingerprint density at radius 2 is 1.86 bits per heavy atom. The second kappa shape index (κ2) is 12.6. The molecule has 10 nitrogen and oxygen atoms in total. The van der Waals surface area contributed by atoms with Crippen LogP contribution in [0.15, 0.2) is 67.3 Å². The van der Waals surface area contributed by atoms with Crippen molar-refractivity contribution in [2.24, 2.45) is 0 Å². The Morgan fingerprint density at radius 1 is 1.00 bits per heavy atom. The number of nitrogens with zero attached hydrogens (tertiary/aromatic N) is 5. The summed E-state index contributed by atoms with van der Waals surface area (Å²) in [5, 5.41) is 11.4. The number of rotatable bonds is 11. The summed E-state index contributed by atoms with van der Waals surface area (Å²) >= 11 is 0. The summed E-state index contributed by atoms with van der Waals surface area (Å²) in [6.07, 6.45) is 9.05. The third-order valence-corrected chi connectivity index (χ3v) is 7.27. The lowest BCUT2D eigenvalue weighted by Gasteiger charge is -2.12. The standard InChI is InChI=1S/C33H33FN8O2/c1-4-5-6-31(43)37-23-12-21(16-35-17-23)27-7-8-28-32(39-27)33(41-40-28)29-15-25-26(18-36-19-30(25)38-29)20-11-22(34)14-24(13-20)44-10-9-42(2)3/h7-8,11-19,38H,4-6,9-10H2,1-3H3,(H,37,43)(H,40,41). The topological polar surface area (TPSA) is 125 Å². The molecular formula is C33H33FN8O2. The van der Waals surface area contributed by atoms with Crippen LogP contribution in [0.2, 0.25) is 0 Å². The third-order valence-electron chi connectivity index (χ3n) is 7.27. The number of likely N-dealkylation sites (N-methyl/N-ethyl adjacent to an activating group) is 1. The van der Waals surface area contributed by atoms with Gasteiger partial charge in [-0.2, -0.15) is 5.10 Å². The van der Waals surface area contributed by atoms with Crippen molar-refractivity contribution in [2.45, 2.75) is 26.2 Å². The molecule has 1 aromatic carbocycles. The highest BCUT2D eigenvalue weighted by Crippen LogP contribution is 2.35. The summed E-state index contributed by atoms with van der Waals surface area (Å²) in [6, 6.07) is 12.3. The molecule has 0 bridgehead atoms. The highest BCUT2D eigenvalue weighted by molar-refractivity contribution is 6.00. The van der Waals surface area contributed by atoms with Crippen molar-refractivity contribution in [2.75, 3.05) is 32.6 Å². The van der Waals surface area contributed by atoms with Crippen LogP contribution in [0.25, 0.3) is 55.7 Å². The number of anilines is 1. The van der Waals surface area contributed by atoms with Gasteiger partial charge in [0.2, 0.25) is 5.91 Å². The summed E-state index contributed by atoms with van der Waals surface area (Å²) < 4.78 is 20.5. The highest BCUT2D eigenvalue weighted by Gasteiger charge is 2.17. The highest BCUT2D eigenvalue weighted by atomic mass is 19.1. The van der Waals surface area contributed by atoms with Gasteiger partial charge in [0.25, 0.3) is 0 Å². The van der Waals surface area contributed by atoms with Crippen LogP contribution in [0.1, 0.15) is 26.2 Å². The number of benzene rings is 1. The van der Waals surface area contributed by atoms with Crippen molar-refractivity contribution < 1.29 is 13.9 Å². The van der Waals surface area contributed by atoms with Gasteiger partial charge in [0, 0.05) is 47.9 Å². The van der Waals surface area contributed by atoms with Crippen molar-refractivity contribution in [3.63, 3.8) is 0 Å². The number of carbonyl (C=O) groups is 1. The zero-order valence-corrected chi connectivity index (χ0v) is 24.8. The van der Waals surface area contributed by atoms with Gasteiger partial charge in [-0.3, -0.25) is 19.9 Å². The van der Waals surface area contributed by atoms with Crippen LogP contribution in [-0.4, -0.2) is 68.2 Å². The van der Waals surface area contributed by atoms with Crippen LogP contribution >= 0.6 is 0 Å². The minimum atomic E-state index is -0.385. The van der Waals surface area contributed by atoms with Crippen LogP contribution in [0.3, 0.4) is 0 Å². The van der Waals surface area contributed by atoms with Gasteiger partial charge in [-0.05, 0) is 62.5 Å². The first-order valence-electron chi connectivity index (χ1n) is 14.5. The number of hydrogen-bond acceptors (Lipinski definition) is 7. The van der Waals surface area contributed by atoms with E-state index in [1.165, 1.54) is 12.1 Å². The number of H-pyrrole nitrogens is 2. The first-order chi connectivity index (χ1) is 21.4. The number of nitrogens with one attached hydrogen (secondary N) is 3. The lowest BCUT2D eigenvalue weighted by molar-refractivity contribution is -0.116. The maximum absolute atomic E-state index is 14.7. The molecule has 11 heteroatoms. The molecule has 0 saturated carbocycles. The molecule has 0 atom stereocenters. The molecule has 0 spiro atoms. The normalized spacial score (nSPS) is 11.5. The van der Waals surface area contributed by atoms with E-state index in [9.17, 15) is 9.18 Å². The average Bonchev–Trinajstić information content (AvgIpc) is 3.63. The molecule has 44 heavy (non-hydrogen) atoms. The van der Waals surface area contributed by atoms with E-state index in [0.29, 0.717) is 46.9 Å². The van der Waals surface area contributed by atoms with Crippen molar-refractivity contribution >= 4 is 33.5 Å². The fourth-order valence-electron chi connectivity index (χ4n) is 5.01. The largest absolute Gasteiger partial charge is 0.492 e. The number of fused-ring (bicyclic) bond motifs is 2. The predicted octanol–water partition coefficient (Wildman–Crippen LogP) is 6.44. The number of aromatic nitrogens is 6. The maximum atomic E-state index is 14.7. The van der Waals surface area contributed by atoms with E-state index in [2.05, 4.69) is 37.4 Å². The minimum Gasteiger partial charge on any atom is -0.492 e. The summed E-state index contributed by atoms with van der Waals surface area (Å²) in [7, 11) is 3.92. The van der Waals surface area contributed by atoms with Crippen LogP contribution in [0, 0.1) is 5.82 Å². The van der Waals surface area contributed by atoms with Gasteiger partial charge < -0.3 is 19.9 Å². The fourth-order valence-corrected chi connectivity index (χ4v) is 5.01. The number of hydrogen-bond donors (Lipinski definition) is 3. The van der Waals surface area contributed by atoms with Gasteiger partial charge in [0.05, 0.1) is 40.5 Å². The Bertz CT molecular complexity index is 1950. The number of aromatic amines is 2. The monoisotopic (exact) mass is 592 g/mol. The Kier molecular flexibility index (Phi) is 8.29. The van der Waals surface area contributed by atoms with E-state index in [4.69, 9.17) is 9.72 Å². The summed E-state index contributed by atoms with van der Waals surface area (Å²) in [6.45, 7) is 3.22. The van der Waals surface area contributed by atoms with Gasteiger partial charge in [-0.1, -0.05) is 13.3 Å². The molecule has 0 aliphatic heterocycles. The minimum absolute atomic E-state index is 0.0367. The average molecular weight is 593 g/mol. The van der Waals surface area contributed by atoms with Crippen molar-refractivity contribution in [3.05, 3.63) is 73.1 Å². The zero-order chi connectivity index (χ0) is 30.6. The van der Waals surface area contributed by atoms with Crippen LogP contribution in [-0.2, 0) is 4.79 Å². The van der Waals surface area contributed by atoms with Gasteiger partial charge >= 0.3 is 0 Å².